The lowest BCUT2D eigenvalue weighted by Crippen LogP contribution is -2.37. The molecular weight excluding hydrogens is 228 g/mol. The van der Waals surface area contributed by atoms with Crippen LogP contribution in [0.3, 0.4) is 0 Å². The zero-order chi connectivity index (χ0) is 13.6. The lowest BCUT2D eigenvalue weighted by molar-refractivity contribution is -0.134. The number of rotatable bonds is 5. The second-order valence-corrected chi connectivity index (χ2v) is 4.68. The monoisotopic (exact) mass is 248 g/mol. The molecule has 0 radical (unpaired) electrons. The van der Waals surface area contributed by atoms with Crippen LogP contribution in [0.5, 0.6) is 0 Å². The molecule has 4 heteroatoms. The van der Waals surface area contributed by atoms with Crippen LogP contribution in [0.15, 0.2) is 30.5 Å². The average molecular weight is 248 g/mol. The van der Waals surface area contributed by atoms with E-state index >= 15 is 0 Å². The highest BCUT2D eigenvalue weighted by atomic mass is 16.5. The molecule has 0 saturated carbocycles. The van der Waals surface area contributed by atoms with Gasteiger partial charge in [0, 0.05) is 30.1 Å². The summed E-state index contributed by atoms with van der Waals surface area (Å²) < 4.78 is 4.56. The van der Waals surface area contributed by atoms with Crippen molar-refractivity contribution in [2.24, 2.45) is 0 Å². The largest absolute Gasteiger partial charge is 0.466 e. The zero-order valence-electron chi connectivity index (χ0n) is 11.4. The summed E-state index contributed by atoms with van der Waals surface area (Å²) >= 11 is 0. The summed E-state index contributed by atoms with van der Waals surface area (Å²) in [5.74, 6) is -0.345. The van der Waals surface area contributed by atoms with Crippen LogP contribution in [0.4, 0.5) is 0 Å². The summed E-state index contributed by atoms with van der Waals surface area (Å²) in [5.41, 5.74) is 1.88. The van der Waals surface area contributed by atoms with E-state index in [-0.39, 0.29) is 11.5 Å². The summed E-state index contributed by atoms with van der Waals surface area (Å²) in [6.45, 7) is 6.68. The van der Waals surface area contributed by atoms with E-state index in [0.717, 1.165) is 11.3 Å². The number of ether oxygens (including phenoxy) is 1. The van der Waals surface area contributed by atoms with E-state index < -0.39 is 0 Å². The Labute approximate surface area is 108 Å². The second-order valence-electron chi connectivity index (χ2n) is 4.68. The Morgan fingerprint density at radius 2 is 2.28 bits per heavy atom. The van der Waals surface area contributed by atoms with Crippen molar-refractivity contribution in [2.75, 3.05) is 7.11 Å². The molecule has 0 bridgehead atoms. The van der Waals surface area contributed by atoms with Gasteiger partial charge in [0.25, 0.3) is 0 Å². The Morgan fingerprint density at radius 3 is 2.89 bits per heavy atom. The van der Waals surface area contributed by atoms with E-state index in [2.05, 4.69) is 15.0 Å². The van der Waals surface area contributed by atoms with Gasteiger partial charge in [-0.3, -0.25) is 4.98 Å². The van der Waals surface area contributed by atoms with E-state index in [1.54, 1.807) is 12.3 Å². The Morgan fingerprint density at radius 1 is 1.56 bits per heavy atom. The maximum Gasteiger partial charge on any atom is 0.330 e. The van der Waals surface area contributed by atoms with Crippen molar-refractivity contribution in [1.29, 1.82) is 0 Å². The first-order valence-corrected chi connectivity index (χ1v) is 5.87. The van der Waals surface area contributed by atoms with Crippen LogP contribution in [0.2, 0.25) is 0 Å². The molecule has 0 spiro atoms. The van der Waals surface area contributed by atoms with Crippen molar-refractivity contribution in [3.8, 4) is 0 Å². The number of carbonyl (C=O) groups is 1. The number of aryl methyl sites for hydroxylation is 1. The first kappa shape index (κ1) is 14.4. The third kappa shape index (κ3) is 4.67. The molecule has 1 aromatic rings. The van der Waals surface area contributed by atoms with Gasteiger partial charge in [-0.05, 0) is 32.4 Å². The Kier molecular flexibility index (Phi) is 5.04. The van der Waals surface area contributed by atoms with Crippen LogP contribution >= 0.6 is 0 Å². The SMILES string of the molecule is COC(=O)/C=C/C(C)(C)NCc1cccnc1C. The van der Waals surface area contributed by atoms with Crippen molar-refractivity contribution < 1.29 is 9.53 Å². The minimum Gasteiger partial charge on any atom is -0.466 e. The fourth-order valence-corrected chi connectivity index (χ4v) is 1.43. The van der Waals surface area contributed by atoms with E-state index in [9.17, 15) is 4.79 Å². The van der Waals surface area contributed by atoms with Gasteiger partial charge in [-0.15, -0.1) is 0 Å². The molecule has 1 aromatic heterocycles. The summed E-state index contributed by atoms with van der Waals surface area (Å²) in [7, 11) is 1.37. The fraction of sp³-hybridized carbons (Fsp3) is 0.429. The number of nitrogens with one attached hydrogen (secondary N) is 1. The molecule has 1 rings (SSSR count). The molecule has 0 aliphatic heterocycles. The maximum atomic E-state index is 11.0. The summed E-state index contributed by atoms with van der Waals surface area (Å²) in [4.78, 5) is 15.3. The van der Waals surface area contributed by atoms with Crippen LogP contribution in [-0.4, -0.2) is 23.6 Å². The van der Waals surface area contributed by atoms with Gasteiger partial charge in [-0.25, -0.2) is 4.79 Å². The van der Waals surface area contributed by atoms with Gasteiger partial charge in [0.2, 0.25) is 0 Å². The highest BCUT2D eigenvalue weighted by Crippen LogP contribution is 2.09. The highest BCUT2D eigenvalue weighted by molar-refractivity contribution is 5.81. The fourth-order valence-electron chi connectivity index (χ4n) is 1.43. The van der Waals surface area contributed by atoms with E-state index in [1.165, 1.54) is 13.2 Å². The average Bonchev–Trinajstić information content (AvgIpc) is 2.35. The van der Waals surface area contributed by atoms with E-state index in [0.29, 0.717) is 6.54 Å². The van der Waals surface area contributed by atoms with Crippen LogP contribution < -0.4 is 5.32 Å². The molecule has 0 aromatic carbocycles. The minimum atomic E-state index is -0.345. The van der Waals surface area contributed by atoms with Gasteiger partial charge >= 0.3 is 5.97 Å². The molecule has 0 atom stereocenters. The van der Waals surface area contributed by atoms with E-state index in [1.807, 2.05) is 32.9 Å². The molecule has 18 heavy (non-hydrogen) atoms. The standard InChI is InChI=1S/C14H20N2O2/c1-11-12(6-5-9-15-11)10-16-14(2,3)8-7-13(17)18-4/h5-9,16H,10H2,1-4H3/b8-7+. The Balaban J connectivity index is 2.59. The number of hydrogen-bond donors (Lipinski definition) is 1. The number of hydrogen-bond acceptors (Lipinski definition) is 4. The number of pyridine rings is 1. The number of methoxy groups -OCH3 is 1. The predicted octanol–water partition coefficient (Wildman–Crippen LogP) is 1.99. The summed E-state index contributed by atoms with van der Waals surface area (Å²) in [6.07, 6.45) is 5.01. The smallest absolute Gasteiger partial charge is 0.330 e. The molecule has 0 fully saturated rings. The molecule has 98 valence electrons. The number of aromatic nitrogens is 1. The summed E-state index contributed by atoms with van der Waals surface area (Å²) in [5, 5.41) is 3.36. The van der Waals surface area contributed by atoms with Gasteiger partial charge in [0.05, 0.1) is 7.11 Å². The van der Waals surface area contributed by atoms with Gasteiger partial charge in [-0.2, -0.15) is 0 Å². The predicted molar refractivity (Wildman–Crippen MR) is 71.0 cm³/mol. The Hall–Kier alpha value is -1.68. The normalized spacial score (nSPS) is 11.8. The Bertz CT molecular complexity index is 439. The molecule has 0 aliphatic rings. The van der Waals surface area contributed by atoms with Crippen LogP contribution in [0.1, 0.15) is 25.1 Å². The zero-order valence-corrected chi connectivity index (χ0v) is 11.4. The van der Waals surface area contributed by atoms with Gasteiger partial charge in [0.15, 0.2) is 0 Å². The lowest BCUT2D eigenvalue weighted by Gasteiger charge is -2.22. The second kappa shape index (κ2) is 6.31. The lowest BCUT2D eigenvalue weighted by atomic mass is 10.0. The van der Waals surface area contributed by atoms with Gasteiger partial charge < -0.3 is 10.1 Å². The van der Waals surface area contributed by atoms with Crippen molar-refractivity contribution in [2.45, 2.75) is 32.9 Å². The quantitative estimate of drug-likeness (QED) is 0.639. The molecule has 0 aliphatic carbocycles. The first-order chi connectivity index (χ1) is 8.44. The molecule has 0 amide bonds. The van der Waals surface area contributed by atoms with Crippen molar-refractivity contribution in [3.05, 3.63) is 41.7 Å². The van der Waals surface area contributed by atoms with Crippen molar-refractivity contribution in [1.82, 2.24) is 10.3 Å². The van der Waals surface area contributed by atoms with Crippen LogP contribution in [0.25, 0.3) is 0 Å². The maximum absolute atomic E-state index is 11.0. The van der Waals surface area contributed by atoms with Gasteiger partial charge in [0.1, 0.15) is 0 Å². The highest BCUT2D eigenvalue weighted by Gasteiger charge is 2.13. The topological polar surface area (TPSA) is 51.2 Å². The van der Waals surface area contributed by atoms with Crippen molar-refractivity contribution >= 4 is 5.97 Å². The molecule has 4 nitrogen and oxygen atoms in total. The first-order valence-electron chi connectivity index (χ1n) is 5.87. The molecule has 0 unspecified atom stereocenters. The van der Waals surface area contributed by atoms with E-state index in [4.69, 9.17) is 0 Å². The summed E-state index contributed by atoms with van der Waals surface area (Å²) in [6, 6.07) is 3.96. The number of carbonyl (C=O) groups excluding carboxylic acids is 1. The number of nitrogens with zero attached hydrogens (tertiary/aromatic N) is 1. The third-order valence-electron chi connectivity index (χ3n) is 2.69. The molecule has 0 saturated heterocycles. The van der Waals surface area contributed by atoms with Crippen LogP contribution in [0, 0.1) is 6.92 Å². The van der Waals surface area contributed by atoms with Crippen LogP contribution in [-0.2, 0) is 16.1 Å². The molecule has 1 N–H and O–H groups in total. The number of esters is 1. The molecular formula is C14H20N2O2. The third-order valence-corrected chi connectivity index (χ3v) is 2.69. The van der Waals surface area contributed by atoms with Gasteiger partial charge in [-0.1, -0.05) is 12.1 Å². The molecule has 1 heterocycles. The van der Waals surface area contributed by atoms with Crippen molar-refractivity contribution in [3.63, 3.8) is 0 Å². The minimum absolute atomic E-state index is 0.281.